The Bertz CT molecular complexity index is 958. The summed E-state index contributed by atoms with van der Waals surface area (Å²) in [6.45, 7) is 2.41. The zero-order chi connectivity index (χ0) is 18.6. The summed E-state index contributed by atoms with van der Waals surface area (Å²) in [5.41, 5.74) is 1.74. The van der Waals surface area contributed by atoms with Crippen LogP contribution in [0.2, 0.25) is 4.47 Å². The summed E-state index contributed by atoms with van der Waals surface area (Å²) in [7, 11) is -3.59. The van der Waals surface area contributed by atoms with E-state index in [1.165, 1.54) is 11.3 Å². The molecule has 0 saturated carbocycles. The van der Waals surface area contributed by atoms with E-state index in [0.29, 0.717) is 11.0 Å². The molecule has 5 nitrogen and oxygen atoms in total. The molecule has 0 aliphatic rings. The number of benzene rings is 2. The van der Waals surface area contributed by atoms with Gasteiger partial charge in [-0.15, -0.1) is 11.3 Å². The average Bonchev–Trinajstić information content (AvgIpc) is 3.06. The normalized spacial score (nSPS) is 12.7. The molecule has 2 aromatic carbocycles. The van der Waals surface area contributed by atoms with Gasteiger partial charge in [-0.2, -0.15) is 0 Å². The number of aromatic nitrogens is 1. The Labute approximate surface area is 162 Å². The van der Waals surface area contributed by atoms with Crippen molar-refractivity contribution in [2.24, 2.45) is 0 Å². The van der Waals surface area contributed by atoms with E-state index < -0.39 is 10.0 Å². The van der Waals surface area contributed by atoms with E-state index in [1.54, 1.807) is 30.5 Å². The zero-order valence-corrected chi connectivity index (χ0v) is 16.4. The lowest BCUT2D eigenvalue weighted by Crippen LogP contribution is -2.26. The zero-order valence-electron chi connectivity index (χ0n) is 14.0. The van der Waals surface area contributed by atoms with Crippen LogP contribution in [0.5, 0.6) is 0 Å². The van der Waals surface area contributed by atoms with Gasteiger partial charge in [0, 0.05) is 22.8 Å². The molecule has 3 aromatic rings. The van der Waals surface area contributed by atoms with Crippen molar-refractivity contribution in [3.8, 4) is 0 Å². The number of hydrogen-bond acceptors (Lipinski definition) is 5. The first-order chi connectivity index (χ1) is 12.4. The van der Waals surface area contributed by atoms with E-state index in [0.717, 1.165) is 16.1 Å². The highest BCUT2D eigenvalue weighted by Gasteiger charge is 2.18. The van der Waals surface area contributed by atoms with Crippen LogP contribution in [-0.2, 0) is 16.6 Å². The third-order valence-electron chi connectivity index (χ3n) is 3.79. The van der Waals surface area contributed by atoms with Crippen molar-refractivity contribution < 1.29 is 8.42 Å². The minimum Gasteiger partial charge on any atom is -0.380 e. The number of nitrogens with zero attached hydrogens (tertiary/aromatic N) is 1. The monoisotopic (exact) mass is 407 g/mol. The van der Waals surface area contributed by atoms with Crippen LogP contribution in [0, 0.1) is 0 Å². The van der Waals surface area contributed by atoms with E-state index in [-0.39, 0.29) is 10.9 Å². The summed E-state index contributed by atoms with van der Waals surface area (Å²) in [5.74, 6) is 0. The van der Waals surface area contributed by atoms with Gasteiger partial charge in [0.2, 0.25) is 10.0 Å². The molecule has 136 valence electrons. The number of hydrogen-bond donors (Lipinski definition) is 2. The van der Waals surface area contributed by atoms with Crippen LogP contribution in [0.4, 0.5) is 5.69 Å². The highest BCUT2D eigenvalue weighted by molar-refractivity contribution is 7.89. The van der Waals surface area contributed by atoms with Crippen molar-refractivity contribution in [3.63, 3.8) is 0 Å². The van der Waals surface area contributed by atoms with E-state index in [1.807, 2.05) is 37.3 Å². The van der Waals surface area contributed by atoms with Gasteiger partial charge in [0.25, 0.3) is 0 Å². The Kier molecular flexibility index (Phi) is 5.93. The van der Waals surface area contributed by atoms with E-state index in [4.69, 9.17) is 11.6 Å². The van der Waals surface area contributed by atoms with Crippen LogP contribution in [0.15, 0.2) is 65.7 Å². The summed E-state index contributed by atoms with van der Waals surface area (Å²) in [4.78, 5) is 5.22. The first-order valence-electron chi connectivity index (χ1n) is 7.95. The summed E-state index contributed by atoms with van der Waals surface area (Å²) in [5, 5.41) is 3.22. The molecule has 1 atom stereocenters. The molecule has 1 aromatic heterocycles. The molecule has 0 fully saturated rings. The number of nitrogens with one attached hydrogen (secondary N) is 2. The molecule has 0 amide bonds. The van der Waals surface area contributed by atoms with Crippen LogP contribution >= 0.6 is 22.9 Å². The van der Waals surface area contributed by atoms with Crippen molar-refractivity contribution in [1.29, 1.82) is 0 Å². The third kappa shape index (κ3) is 4.82. The van der Waals surface area contributed by atoms with Crippen molar-refractivity contribution in [1.82, 2.24) is 9.71 Å². The molecule has 0 aliphatic carbocycles. The van der Waals surface area contributed by atoms with Gasteiger partial charge in [0.15, 0.2) is 4.47 Å². The second kappa shape index (κ2) is 8.18. The Morgan fingerprint density at radius 1 is 1.12 bits per heavy atom. The minimum atomic E-state index is -3.59. The third-order valence-corrected chi connectivity index (χ3v) is 6.46. The van der Waals surface area contributed by atoms with Gasteiger partial charge in [-0.1, -0.05) is 41.9 Å². The molecular formula is C18H18ClN3O2S2. The fourth-order valence-corrected chi connectivity index (χ4v) is 4.57. The fraction of sp³-hybridized carbons (Fsp3) is 0.167. The predicted octanol–water partition coefficient (Wildman–Crippen LogP) is 4.45. The standard InChI is InChI=1S/C18H18ClN3O2S2/c1-13(14-5-3-2-4-6-14)22-26(23,24)17-9-7-15(8-10-17)20-11-16-12-21-18(19)25-16/h2-10,12-13,20,22H,11H2,1H3. The van der Waals surface area contributed by atoms with Crippen LogP contribution < -0.4 is 10.0 Å². The second-order valence-electron chi connectivity index (χ2n) is 5.71. The van der Waals surface area contributed by atoms with Gasteiger partial charge in [0.05, 0.1) is 11.4 Å². The molecule has 1 heterocycles. The highest BCUT2D eigenvalue weighted by Crippen LogP contribution is 2.21. The number of sulfonamides is 1. The molecule has 8 heteroatoms. The van der Waals surface area contributed by atoms with Crippen molar-refractivity contribution in [2.45, 2.75) is 24.4 Å². The summed E-state index contributed by atoms with van der Waals surface area (Å²) in [6, 6.07) is 15.8. The second-order valence-corrected chi connectivity index (χ2v) is 9.12. The van der Waals surface area contributed by atoms with Gasteiger partial charge in [-0.05, 0) is 36.8 Å². The quantitative estimate of drug-likeness (QED) is 0.607. The van der Waals surface area contributed by atoms with Crippen molar-refractivity contribution in [2.75, 3.05) is 5.32 Å². The number of rotatable bonds is 7. The number of anilines is 1. The SMILES string of the molecule is CC(NS(=O)(=O)c1ccc(NCc2cnc(Cl)s2)cc1)c1ccccc1. The molecule has 0 spiro atoms. The molecule has 0 saturated heterocycles. The van der Waals surface area contributed by atoms with Crippen molar-refractivity contribution in [3.05, 3.63) is 75.7 Å². The van der Waals surface area contributed by atoms with Gasteiger partial charge in [-0.25, -0.2) is 18.1 Å². The van der Waals surface area contributed by atoms with E-state index >= 15 is 0 Å². The molecule has 0 bridgehead atoms. The maximum atomic E-state index is 12.6. The lowest BCUT2D eigenvalue weighted by atomic mass is 10.1. The Morgan fingerprint density at radius 3 is 2.42 bits per heavy atom. The smallest absolute Gasteiger partial charge is 0.241 e. The minimum absolute atomic E-state index is 0.228. The van der Waals surface area contributed by atoms with Gasteiger partial charge >= 0.3 is 0 Å². The topological polar surface area (TPSA) is 71.1 Å². The van der Waals surface area contributed by atoms with Gasteiger partial charge in [-0.3, -0.25) is 0 Å². The fourth-order valence-electron chi connectivity index (χ4n) is 2.42. The number of thiazole rings is 1. The lowest BCUT2D eigenvalue weighted by molar-refractivity contribution is 0.567. The molecular weight excluding hydrogens is 390 g/mol. The molecule has 1 unspecified atom stereocenters. The van der Waals surface area contributed by atoms with Gasteiger partial charge < -0.3 is 5.32 Å². The van der Waals surface area contributed by atoms with Crippen LogP contribution in [0.25, 0.3) is 0 Å². The largest absolute Gasteiger partial charge is 0.380 e. The molecule has 0 radical (unpaired) electrons. The van der Waals surface area contributed by atoms with E-state index in [2.05, 4.69) is 15.0 Å². The summed E-state index contributed by atoms with van der Waals surface area (Å²) >= 11 is 7.21. The highest BCUT2D eigenvalue weighted by atomic mass is 35.5. The van der Waals surface area contributed by atoms with Crippen molar-refractivity contribution >= 4 is 38.6 Å². The first kappa shape index (κ1) is 18.8. The van der Waals surface area contributed by atoms with Gasteiger partial charge in [0.1, 0.15) is 0 Å². The predicted molar refractivity (Wildman–Crippen MR) is 106 cm³/mol. The molecule has 3 rings (SSSR count). The maximum Gasteiger partial charge on any atom is 0.241 e. The van der Waals surface area contributed by atoms with Crippen LogP contribution in [-0.4, -0.2) is 13.4 Å². The van der Waals surface area contributed by atoms with Crippen LogP contribution in [0.3, 0.4) is 0 Å². The molecule has 2 N–H and O–H groups in total. The lowest BCUT2D eigenvalue weighted by Gasteiger charge is -2.15. The van der Waals surface area contributed by atoms with Crippen LogP contribution in [0.1, 0.15) is 23.4 Å². The molecule has 0 aliphatic heterocycles. The molecule has 26 heavy (non-hydrogen) atoms. The average molecular weight is 408 g/mol. The summed E-state index contributed by atoms with van der Waals surface area (Å²) < 4.78 is 28.3. The Morgan fingerprint density at radius 2 is 1.81 bits per heavy atom. The Hall–Kier alpha value is -1.93. The Balaban J connectivity index is 1.64. The first-order valence-corrected chi connectivity index (χ1v) is 10.6. The maximum absolute atomic E-state index is 12.6. The summed E-state index contributed by atoms with van der Waals surface area (Å²) in [6.07, 6.45) is 1.72. The van der Waals surface area contributed by atoms with E-state index in [9.17, 15) is 8.42 Å². The number of halogens is 1.